The Balaban J connectivity index is 1.56. The van der Waals surface area contributed by atoms with Gasteiger partial charge in [-0.25, -0.2) is 8.42 Å². The van der Waals surface area contributed by atoms with Crippen LogP contribution in [0.15, 0.2) is 83.8 Å². The van der Waals surface area contributed by atoms with Crippen LogP contribution < -0.4 is 10.1 Å². The van der Waals surface area contributed by atoms with Gasteiger partial charge in [-0.05, 0) is 66.9 Å². The average molecular weight is 481 g/mol. The van der Waals surface area contributed by atoms with Gasteiger partial charge >= 0.3 is 0 Å². The summed E-state index contributed by atoms with van der Waals surface area (Å²) in [5.74, 6) is 0.427. The van der Waals surface area contributed by atoms with Crippen LogP contribution in [-0.2, 0) is 16.4 Å². The summed E-state index contributed by atoms with van der Waals surface area (Å²) in [4.78, 5) is 12.8. The van der Waals surface area contributed by atoms with E-state index in [9.17, 15) is 13.2 Å². The molecule has 3 aromatic rings. The average Bonchev–Trinajstić information content (AvgIpc) is 2.85. The summed E-state index contributed by atoms with van der Waals surface area (Å²) in [6, 6.07) is 23.4. The molecule has 0 atom stereocenters. The minimum atomic E-state index is -3.55. The Morgan fingerprint density at radius 1 is 0.853 bits per heavy atom. The number of benzene rings is 3. The molecule has 0 aromatic heterocycles. The first-order valence-corrected chi connectivity index (χ1v) is 13.1. The van der Waals surface area contributed by atoms with E-state index in [-0.39, 0.29) is 10.8 Å². The lowest BCUT2D eigenvalue weighted by atomic mass is 10.2. The molecule has 0 bridgehead atoms. The molecule has 34 heavy (non-hydrogen) atoms. The van der Waals surface area contributed by atoms with Crippen LogP contribution in [-0.4, -0.2) is 38.3 Å². The van der Waals surface area contributed by atoms with Gasteiger partial charge in [0.2, 0.25) is 10.0 Å². The number of sulfonamides is 1. The van der Waals surface area contributed by atoms with Crippen LogP contribution in [0.4, 0.5) is 5.69 Å². The third-order valence-corrected chi connectivity index (χ3v) is 7.23. The Morgan fingerprint density at radius 3 is 2.06 bits per heavy atom. The van der Waals surface area contributed by atoms with Crippen molar-refractivity contribution >= 4 is 21.6 Å². The highest BCUT2D eigenvalue weighted by Crippen LogP contribution is 2.20. The monoisotopic (exact) mass is 480 g/mol. The SMILES string of the molecule is CCCN(CCC)S(=O)(=O)c1ccc(NC(=O)c2ccc(OCCc3ccccc3)cc2)cc1. The summed E-state index contributed by atoms with van der Waals surface area (Å²) in [6.45, 7) is 5.44. The van der Waals surface area contributed by atoms with Crippen molar-refractivity contribution in [2.75, 3.05) is 25.0 Å². The molecule has 0 aliphatic heterocycles. The van der Waals surface area contributed by atoms with Crippen molar-refractivity contribution in [3.63, 3.8) is 0 Å². The van der Waals surface area contributed by atoms with Gasteiger partial charge in [0, 0.05) is 30.8 Å². The number of nitrogens with one attached hydrogen (secondary N) is 1. The highest BCUT2D eigenvalue weighted by atomic mass is 32.2. The number of anilines is 1. The van der Waals surface area contributed by atoms with Gasteiger partial charge in [-0.1, -0.05) is 44.2 Å². The Hall–Kier alpha value is -3.16. The minimum Gasteiger partial charge on any atom is -0.493 e. The molecule has 0 heterocycles. The number of nitrogens with zero attached hydrogens (tertiary/aromatic N) is 1. The molecule has 0 radical (unpaired) electrons. The van der Waals surface area contributed by atoms with Crippen LogP contribution in [0.1, 0.15) is 42.6 Å². The predicted molar refractivity (Wildman–Crippen MR) is 136 cm³/mol. The van der Waals surface area contributed by atoms with Gasteiger partial charge in [-0.2, -0.15) is 4.31 Å². The van der Waals surface area contributed by atoms with Crippen LogP contribution in [0.3, 0.4) is 0 Å². The maximum atomic E-state index is 12.9. The summed E-state index contributed by atoms with van der Waals surface area (Å²) >= 11 is 0. The molecule has 6 nitrogen and oxygen atoms in total. The maximum absolute atomic E-state index is 12.9. The van der Waals surface area contributed by atoms with Crippen LogP contribution in [0, 0.1) is 0 Å². The zero-order chi connectivity index (χ0) is 24.4. The van der Waals surface area contributed by atoms with Crippen molar-refractivity contribution in [3.8, 4) is 5.75 Å². The van der Waals surface area contributed by atoms with Crippen molar-refractivity contribution < 1.29 is 17.9 Å². The van der Waals surface area contributed by atoms with Gasteiger partial charge in [0.25, 0.3) is 5.91 Å². The van der Waals surface area contributed by atoms with Crippen molar-refractivity contribution in [1.29, 1.82) is 0 Å². The summed E-state index contributed by atoms with van der Waals surface area (Å²) < 4.78 is 33.0. The fourth-order valence-electron chi connectivity index (χ4n) is 3.55. The van der Waals surface area contributed by atoms with Gasteiger partial charge < -0.3 is 10.1 Å². The second-order valence-corrected chi connectivity index (χ2v) is 9.93. The van der Waals surface area contributed by atoms with Gasteiger partial charge in [-0.3, -0.25) is 4.79 Å². The number of amides is 1. The molecule has 0 spiro atoms. The van der Waals surface area contributed by atoms with Crippen LogP contribution >= 0.6 is 0 Å². The lowest BCUT2D eigenvalue weighted by Crippen LogP contribution is -2.32. The molecule has 7 heteroatoms. The van der Waals surface area contributed by atoms with Crippen LogP contribution in [0.2, 0.25) is 0 Å². The topological polar surface area (TPSA) is 75.7 Å². The Bertz CT molecular complexity index is 1140. The number of carbonyl (C=O) groups excluding carboxylic acids is 1. The Morgan fingerprint density at radius 2 is 1.47 bits per heavy atom. The van der Waals surface area contributed by atoms with E-state index in [0.29, 0.717) is 36.7 Å². The molecule has 1 amide bonds. The molecular formula is C27H32N2O4S. The molecule has 0 aliphatic carbocycles. The molecule has 1 N–H and O–H groups in total. The largest absolute Gasteiger partial charge is 0.493 e. The van der Waals surface area contributed by atoms with Gasteiger partial charge in [0.15, 0.2) is 0 Å². The van der Waals surface area contributed by atoms with E-state index in [1.54, 1.807) is 36.4 Å². The molecule has 3 rings (SSSR count). The van der Waals surface area contributed by atoms with Gasteiger partial charge in [0.05, 0.1) is 11.5 Å². The first kappa shape index (κ1) is 25.5. The fourth-order valence-corrected chi connectivity index (χ4v) is 5.17. The first-order chi connectivity index (χ1) is 16.4. The van der Waals surface area contributed by atoms with Crippen molar-refractivity contribution in [1.82, 2.24) is 4.31 Å². The quantitative estimate of drug-likeness (QED) is 0.378. The molecule has 0 saturated heterocycles. The molecular weight excluding hydrogens is 448 g/mol. The normalized spacial score (nSPS) is 11.4. The lowest BCUT2D eigenvalue weighted by molar-refractivity contribution is 0.102. The van der Waals surface area contributed by atoms with E-state index >= 15 is 0 Å². The fraction of sp³-hybridized carbons (Fsp3) is 0.296. The number of carbonyl (C=O) groups is 1. The van der Waals surface area contributed by atoms with E-state index in [0.717, 1.165) is 19.3 Å². The van der Waals surface area contributed by atoms with E-state index in [1.807, 2.05) is 32.0 Å². The number of rotatable bonds is 12. The van der Waals surface area contributed by atoms with E-state index in [1.165, 1.54) is 22.0 Å². The lowest BCUT2D eigenvalue weighted by Gasteiger charge is -2.21. The molecule has 3 aromatic carbocycles. The third kappa shape index (κ3) is 6.92. The number of hydrogen-bond donors (Lipinski definition) is 1. The van der Waals surface area contributed by atoms with Gasteiger partial charge in [0.1, 0.15) is 5.75 Å². The maximum Gasteiger partial charge on any atom is 0.255 e. The second-order valence-electron chi connectivity index (χ2n) is 7.99. The van der Waals surface area contributed by atoms with Crippen molar-refractivity contribution in [2.24, 2.45) is 0 Å². The van der Waals surface area contributed by atoms with Crippen LogP contribution in [0.5, 0.6) is 5.75 Å². The van der Waals surface area contributed by atoms with Crippen molar-refractivity contribution in [2.45, 2.75) is 38.0 Å². The van der Waals surface area contributed by atoms with Crippen LogP contribution in [0.25, 0.3) is 0 Å². The first-order valence-electron chi connectivity index (χ1n) is 11.6. The summed E-state index contributed by atoms with van der Waals surface area (Å²) in [5.41, 5.74) is 2.23. The summed E-state index contributed by atoms with van der Waals surface area (Å²) in [5, 5.41) is 2.81. The third-order valence-electron chi connectivity index (χ3n) is 5.31. The summed E-state index contributed by atoms with van der Waals surface area (Å²) in [6.07, 6.45) is 2.32. The second kappa shape index (κ2) is 12.3. The van der Waals surface area contributed by atoms with E-state index in [4.69, 9.17) is 4.74 Å². The van der Waals surface area contributed by atoms with Crippen molar-refractivity contribution in [3.05, 3.63) is 90.0 Å². The zero-order valence-electron chi connectivity index (χ0n) is 19.7. The standard InChI is InChI=1S/C27H32N2O4S/c1-3-19-29(20-4-2)34(31,32)26-16-12-24(13-17-26)28-27(30)23-10-14-25(15-11-23)33-21-18-22-8-6-5-7-9-22/h5-17H,3-4,18-21H2,1-2H3,(H,28,30). The number of ether oxygens (including phenoxy) is 1. The molecule has 0 saturated carbocycles. The smallest absolute Gasteiger partial charge is 0.255 e. The predicted octanol–water partition coefficient (Wildman–Crippen LogP) is 5.37. The Kier molecular flexibility index (Phi) is 9.24. The molecule has 0 unspecified atom stereocenters. The Labute approximate surface area is 202 Å². The minimum absolute atomic E-state index is 0.226. The highest BCUT2D eigenvalue weighted by molar-refractivity contribution is 7.89. The number of hydrogen-bond acceptors (Lipinski definition) is 4. The summed E-state index contributed by atoms with van der Waals surface area (Å²) in [7, 11) is -3.55. The van der Waals surface area contributed by atoms with E-state index < -0.39 is 10.0 Å². The molecule has 180 valence electrons. The zero-order valence-corrected chi connectivity index (χ0v) is 20.6. The van der Waals surface area contributed by atoms with E-state index in [2.05, 4.69) is 17.4 Å². The van der Waals surface area contributed by atoms with Gasteiger partial charge in [-0.15, -0.1) is 0 Å². The molecule has 0 aliphatic rings. The molecule has 0 fully saturated rings. The highest BCUT2D eigenvalue weighted by Gasteiger charge is 2.22.